The van der Waals surface area contributed by atoms with Gasteiger partial charge in [-0.3, -0.25) is 0 Å². The summed E-state index contributed by atoms with van der Waals surface area (Å²) in [6, 6.07) is 11.3. The summed E-state index contributed by atoms with van der Waals surface area (Å²) >= 11 is 0. The summed E-state index contributed by atoms with van der Waals surface area (Å²) in [6.45, 7) is 7.95. The first-order valence-corrected chi connectivity index (χ1v) is 7.74. The number of unbranched alkanes of at least 4 members (excludes halogenated alkanes) is 1. The van der Waals surface area contributed by atoms with Crippen molar-refractivity contribution in [3.8, 4) is 0 Å². The lowest BCUT2D eigenvalue weighted by Gasteiger charge is -2.23. The third kappa shape index (κ3) is 6.74. The molecule has 0 aliphatic carbocycles. The van der Waals surface area contributed by atoms with Gasteiger partial charge in [0.05, 0.1) is 0 Å². The molecule has 0 aromatic heterocycles. The van der Waals surface area contributed by atoms with Gasteiger partial charge in [-0.1, -0.05) is 50.6 Å². The van der Waals surface area contributed by atoms with E-state index in [1.54, 1.807) is 0 Å². The molecule has 19 heavy (non-hydrogen) atoms. The molecule has 1 rings (SSSR count). The number of hydrogen-bond acceptors (Lipinski definition) is 2. The molecule has 0 radical (unpaired) electrons. The van der Waals surface area contributed by atoms with Crippen molar-refractivity contribution in [1.82, 2.24) is 10.2 Å². The van der Waals surface area contributed by atoms with E-state index in [4.69, 9.17) is 0 Å². The smallest absolute Gasteiger partial charge is 0.0332 e. The van der Waals surface area contributed by atoms with Gasteiger partial charge in [0, 0.05) is 6.04 Å². The largest absolute Gasteiger partial charge is 0.310 e. The highest BCUT2D eigenvalue weighted by Crippen LogP contribution is 2.16. The molecule has 0 spiro atoms. The summed E-state index contributed by atoms with van der Waals surface area (Å²) < 4.78 is 0. The summed E-state index contributed by atoms with van der Waals surface area (Å²) in [5.74, 6) is 0. The Morgan fingerprint density at radius 3 is 2.42 bits per heavy atom. The van der Waals surface area contributed by atoms with Gasteiger partial charge in [0.25, 0.3) is 0 Å². The minimum absolute atomic E-state index is 0.491. The summed E-state index contributed by atoms with van der Waals surface area (Å²) in [4.78, 5) is 2.45. The minimum atomic E-state index is 0.491. The van der Waals surface area contributed by atoms with Crippen LogP contribution in [0, 0.1) is 0 Å². The third-order valence-electron chi connectivity index (χ3n) is 3.54. The molecule has 0 heterocycles. The maximum Gasteiger partial charge on any atom is 0.0332 e. The average Bonchev–Trinajstić information content (AvgIpc) is 2.46. The van der Waals surface area contributed by atoms with E-state index in [1.807, 2.05) is 0 Å². The van der Waals surface area contributed by atoms with Crippen molar-refractivity contribution in [2.24, 2.45) is 0 Å². The molecule has 1 unspecified atom stereocenters. The molecule has 2 heteroatoms. The second-order valence-electron chi connectivity index (χ2n) is 5.36. The van der Waals surface area contributed by atoms with Crippen molar-refractivity contribution in [3.05, 3.63) is 35.9 Å². The zero-order chi connectivity index (χ0) is 13.9. The number of rotatable bonds is 10. The van der Waals surface area contributed by atoms with Crippen molar-refractivity contribution in [2.75, 3.05) is 26.7 Å². The van der Waals surface area contributed by atoms with Gasteiger partial charge in [0.15, 0.2) is 0 Å². The van der Waals surface area contributed by atoms with Crippen LogP contribution < -0.4 is 5.32 Å². The van der Waals surface area contributed by atoms with Crippen molar-refractivity contribution in [2.45, 2.75) is 45.6 Å². The number of nitrogens with one attached hydrogen (secondary N) is 1. The molecular weight excluding hydrogens is 232 g/mol. The van der Waals surface area contributed by atoms with Crippen LogP contribution in [0.2, 0.25) is 0 Å². The van der Waals surface area contributed by atoms with Crippen LogP contribution in [0.25, 0.3) is 0 Å². The molecule has 2 nitrogen and oxygen atoms in total. The first-order chi connectivity index (χ1) is 9.27. The van der Waals surface area contributed by atoms with E-state index in [0.29, 0.717) is 6.04 Å². The average molecular weight is 262 g/mol. The van der Waals surface area contributed by atoms with Gasteiger partial charge in [-0.2, -0.15) is 0 Å². The van der Waals surface area contributed by atoms with Crippen LogP contribution >= 0.6 is 0 Å². The molecule has 1 aromatic carbocycles. The molecule has 0 saturated heterocycles. The van der Waals surface area contributed by atoms with Gasteiger partial charge in [-0.25, -0.2) is 0 Å². The summed E-state index contributed by atoms with van der Waals surface area (Å²) in [5, 5.41) is 3.67. The lowest BCUT2D eigenvalue weighted by atomic mass is 10.0. The van der Waals surface area contributed by atoms with Crippen molar-refractivity contribution >= 4 is 0 Å². The SMILES string of the molecule is CCCCN(C)CCC(NCCC)c1ccccc1. The zero-order valence-electron chi connectivity index (χ0n) is 12.9. The molecule has 0 bridgehead atoms. The minimum Gasteiger partial charge on any atom is -0.310 e. The Hall–Kier alpha value is -0.860. The maximum atomic E-state index is 3.67. The summed E-state index contributed by atoms with van der Waals surface area (Å²) in [6.07, 6.45) is 4.95. The predicted molar refractivity (Wildman–Crippen MR) is 84.5 cm³/mol. The number of nitrogens with zero attached hydrogens (tertiary/aromatic N) is 1. The fraction of sp³-hybridized carbons (Fsp3) is 0.647. The van der Waals surface area contributed by atoms with Crippen LogP contribution in [0.15, 0.2) is 30.3 Å². The van der Waals surface area contributed by atoms with Crippen LogP contribution in [-0.4, -0.2) is 31.6 Å². The Balaban J connectivity index is 2.46. The maximum absolute atomic E-state index is 3.67. The highest BCUT2D eigenvalue weighted by Gasteiger charge is 2.11. The Morgan fingerprint density at radius 1 is 1.05 bits per heavy atom. The van der Waals surface area contributed by atoms with E-state index < -0.39 is 0 Å². The molecule has 1 N–H and O–H groups in total. The molecule has 0 saturated carbocycles. The van der Waals surface area contributed by atoms with Crippen LogP contribution in [0.3, 0.4) is 0 Å². The van der Waals surface area contributed by atoms with E-state index in [0.717, 1.165) is 13.1 Å². The van der Waals surface area contributed by atoms with E-state index >= 15 is 0 Å². The fourth-order valence-corrected chi connectivity index (χ4v) is 2.28. The molecule has 0 fully saturated rings. The molecule has 0 aliphatic rings. The second-order valence-corrected chi connectivity index (χ2v) is 5.36. The number of hydrogen-bond donors (Lipinski definition) is 1. The van der Waals surface area contributed by atoms with Crippen molar-refractivity contribution < 1.29 is 0 Å². The highest BCUT2D eigenvalue weighted by molar-refractivity contribution is 5.18. The highest BCUT2D eigenvalue weighted by atomic mass is 15.1. The Kier molecular flexibility index (Phi) is 8.52. The van der Waals surface area contributed by atoms with Crippen LogP contribution in [0.1, 0.15) is 51.1 Å². The predicted octanol–water partition coefficient (Wildman–Crippen LogP) is 3.85. The summed E-state index contributed by atoms with van der Waals surface area (Å²) in [5.41, 5.74) is 1.42. The quantitative estimate of drug-likeness (QED) is 0.689. The monoisotopic (exact) mass is 262 g/mol. The van der Waals surface area contributed by atoms with Crippen LogP contribution in [0.4, 0.5) is 0 Å². The van der Waals surface area contributed by atoms with Crippen LogP contribution in [-0.2, 0) is 0 Å². The van der Waals surface area contributed by atoms with Gasteiger partial charge in [-0.05, 0) is 51.5 Å². The second kappa shape index (κ2) is 9.99. The van der Waals surface area contributed by atoms with Crippen molar-refractivity contribution in [3.63, 3.8) is 0 Å². The van der Waals surface area contributed by atoms with Gasteiger partial charge in [-0.15, -0.1) is 0 Å². The van der Waals surface area contributed by atoms with E-state index in [9.17, 15) is 0 Å². The van der Waals surface area contributed by atoms with Crippen LogP contribution in [0.5, 0.6) is 0 Å². The fourth-order valence-electron chi connectivity index (χ4n) is 2.28. The molecule has 1 aromatic rings. The topological polar surface area (TPSA) is 15.3 Å². The zero-order valence-corrected chi connectivity index (χ0v) is 12.9. The molecule has 0 amide bonds. The van der Waals surface area contributed by atoms with Gasteiger partial charge in [0.2, 0.25) is 0 Å². The molecule has 108 valence electrons. The summed E-state index contributed by atoms with van der Waals surface area (Å²) in [7, 11) is 2.23. The first-order valence-electron chi connectivity index (χ1n) is 7.74. The van der Waals surface area contributed by atoms with Gasteiger partial charge >= 0.3 is 0 Å². The van der Waals surface area contributed by atoms with Crippen molar-refractivity contribution in [1.29, 1.82) is 0 Å². The molecule has 1 atom stereocenters. The van der Waals surface area contributed by atoms with Gasteiger partial charge < -0.3 is 10.2 Å². The van der Waals surface area contributed by atoms with E-state index in [1.165, 1.54) is 37.8 Å². The molecule has 0 aliphatic heterocycles. The van der Waals surface area contributed by atoms with Gasteiger partial charge in [0.1, 0.15) is 0 Å². The molecular formula is C17H30N2. The van der Waals surface area contributed by atoms with E-state index in [2.05, 4.69) is 61.4 Å². The standard InChI is InChI=1S/C17H30N2/c1-4-6-14-19(3)15-12-17(18-13-5-2)16-10-8-7-9-11-16/h7-11,17-18H,4-6,12-15H2,1-3H3. The number of benzene rings is 1. The Labute approximate surface area is 119 Å². The third-order valence-corrected chi connectivity index (χ3v) is 3.54. The lowest BCUT2D eigenvalue weighted by molar-refractivity contribution is 0.302. The lowest BCUT2D eigenvalue weighted by Crippen LogP contribution is -2.28. The normalized spacial score (nSPS) is 12.8. The Morgan fingerprint density at radius 2 is 1.79 bits per heavy atom. The van der Waals surface area contributed by atoms with E-state index in [-0.39, 0.29) is 0 Å². The Bertz CT molecular complexity index is 310. The first kappa shape index (κ1) is 16.2.